The smallest absolute Gasteiger partial charge is 0.342 e. The molecule has 0 saturated heterocycles. The lowest BCUT2D eigenvalue weighted by molar-refractivity contribution is -0.136. The molecule has 28 heavy (non-hydrogen) atoms. The summed E-state index contributed by atoms with van der Waals surface area (Å²) in [5, 5.41) is 12.5. The molecule has 0 aliphatic carbocycles. The van der Waals surface area contributed by atoms with Gasteiger partial charge in [0.2, 0.25) is 5.91 Å². The van der Waals surface area contributed by atoms with Gasteiger partial charge in [-0.2, -0.15) is 0 Å². The van der Waals surface area contributed by atoms with Crippen LogP contribution in [0.2, 0.25) is 0 Å². The number of ether oxygens (including phenoxy) is 1. The summed E-state index contributed by atoms with van der Waals surface area (Å²) in [7, 11) is 1.45. The van der Waals surface area contributed by atoms with E-state index in [9.17, 15) is 19.5 Å². The zero-order chi connectivity index (χ0) is 20.8. The van der Waals surface area contributed by atoms with Crippen molar-refractivity contribution >= 4 is 23.5 Å². The molecular formula is C21H24N2O5. The van der Waals surface area contributed by atoms with Crippen molar-refractivity contribution in [1.29, 1.82) is 0 Å². The molecule has 2 aromatic rings. The van der Waals surface area contributed by atoms with Crippen molar-refractivity contribution in [2.24, 2.45) is 0 Å². The van der Waals surface area contributed by atoms with E-state index in [4.69, 9.17) is 4.74 Å². The molecule has 7 nitrogen and oxygen atoms in total. The molecule has 7 heteroatoms. The minimum atomic E-state index is -0.803. The predicted molar refractivity (Wildman–Crippen MR) is 105 cm³/mol. The summed E-state index contributed by atoms with van der Waals surface area (Å²) in [5.74, 6) is -1.90. The van der Waals surface area contributed by atoms with Gasteiger partial charge >= 0.3 is 5.97 Å². The maximum Gasteiger partial charge on any atom is 0.342 e. The van der Waals surface area contributed by atoms with Gasteiger partial charge in [-0.05, 0) is 44.0 Å². The highest BCUT2D eigenvalue weighted by atomic mass is 16.5. The fraction of sp³-hybridized carbons (Fsp3) is 0.286. The van der Waals surface area contributed by atoms with Crippen LogP contribution in [0.15, 0.2) is 36.4 Å². The zero-order valence-corrected chi connectivity index (χ0v) is 16.4. The summed E-state index contributed by atoms with van der Waals surface area (Å²) < 4.78 is 4.96. The number of phenols is 1. The molecule has 0 unspecified atom stereocenters. The van der Waals surface area contributed by atoms with Gasteiger partial charge in [0.25, 0.3) is 5.91 Å². The van der Waals surface area contributed by atoms with Crippen LogP contribution in [-0.4, -0.2) is 48.0 Å². The minimum absolute atomic E-state index is 0.0109. The molecule has 0 aliphatic rings. The molecule has 0 saturated carbocycles. The Kier molecular flexibility index (Phi) is 6.76. The number of aryl methyl sites for hydroxylation is 3. The van der Waals surface area contributed by atoms with Gasteiger partial charge in [0, 0.05) is 12.7 Å². The molecule has 148 valence electrons. The molecule has 2 N–H and O–H groups in total. The molecule has 0 atom stereocenters. The third-order valence-electron chi connectivity index (χ3n) is 4.25. The second-order valence-corrected chi connectivity index (χ2v) is 6.66. The van der Waals surface area contributed by atoms with E-state index in [1.54, 1.807) is 13.0 Å². The van der Waals surface area contributed by atoms with Gasteiger partial charge in [-0.1, -0.05) is 29.8 Å². The van der Waals surface area contributed by atoms with Gasteiger partial charge in [0.1, 0.15) is 11.3 Å². The van der Waals surface area contributed by atoms with E-state index in [-0.39, 0.29) is 23.8 Å². The number of rotatable bonds is 6. The number of amides is 2. The Labute approximate surface area is 163 Å². The van der Waals surface area contributed by atoms with E-state index in [0.29, 0.717) is 0 Å². The largest absolute Gasteiger partial charge is 0.507 e. The van der Waals surface area contributed by atoms with Crippen molar-refractivity contribution in [2.45, 2.75) is 20.8 Å². The second kappa shape index (κ2) is 9.03. The first-order valence-electron chi connectivity index (χ1n) is 8.75. The SMILES string of the molecule is Cc1ccc(O)c(C(=O)OCC(=O)N(C)CC(=O)Nc2c(C)cccc2C)c1. The van der Waals surface area contributed by atoms with Crippen LogP contribution in [0.3, 0.4) is 0 Å². The Morgan fingerprint density at radius 2 is 1.71 bits per heavy atom. The zero-order valence-electron chi connectivity index (χ0n) is 16.4. The number of aromatic hydroxyl groups is 1. The number of para-hydroxylation sites is 1. The van der Waals surface area contributed by atoms with E-state index in [1.807, 2.05) is 32.0 Å². The summed E-state index contributed by atoms with van der Waals surface area (Å²) >= 11 is 0. The number of benzene rings is 2. The van der Waals surface area contributed by atoms with E-state index in [2.05, 4.69) is 5.32 Å². The van der Waals surface area contributed by atoms with E-state index < -0.39 is 18.5 Å². The van der Waals surface area contributed by atoms with Crippen molar-refractivity contribution in [1.82, 2.24) is 4.90 Å². The van der Waals surface area contributed by atoms with Crippen molar-refractivity contribution < 1.29 is 24.2 Å². The molecule has 0 heterocycles. The van der Waals surface area contributed by atoms with Crippen LogP contribution in [0.25, 0.3) is 0 Å². The Bertz CT molecular complexity index is 887. The average molecular weight is 384 g/mol. The summed E-state index contributed by atoms with van der Waals surface area (Å²) in [5.41, 5.74) is 3.33. The first kappa shape index (κ1) is 21.0. The summed E-state index contributed by atoms with van der Waals surface area (Å²) in [4.78, 5) is 37.6. The average Bonchev–Trinajstić information content (AvgIpc) is 2.64. The fourth-order valence-electron chi connectivity index (χ4n) is 2.62. The lowest BCUT2D eigenvalue weighted by Crippen LogP contribution is -2.37. The van der Waals surface area contributed by atoms with Crippen LogP contribution < -0.4 is 5.32 Å². The molecule has 0 radical (unpaired) electrons. The van der Waals surface area contributed by atoms with Crippen LogP contribution in [0.4, 0.5) is 5.69 Å². The number of carbonyl (C=O) groups is 3. The quantitative estimate of drug-likeness (QED) is 0.747. The van der Waals surface area contributed by atoms with Crippen molar-refractivity contribution in [2.75, 3.05) is 25.5 Å². The van der Waals surface area contributed by atoms with E-state index in [0.717, 1.165) is 22.4 Å². The summed E-state index contributed by atoms with van der Waals surface area (Å²) in [6, 6.07) is 10.2. The van der Waals surface area contributed by atoms with Crippen LogP contribution in [-0.2, 0) is 14.3 Å². The summed E-state index contributed by atoms with van der Waals surface area (Å²) in [6.07, 6.45) is 0. The lowest BCUT2D eigenvalue weighted by atomic mass is 10.1. The number of hydrogen-bond donors (Lipinski definition) is 2. The third-order valence-corrected chi connectivity index (χ3v) is 4.25. The van der Waals surface area contributed by atoms with Crippen molar-refractivity contribution in [3.63, 3.8) is 0 Å². The molecule has 0 fully saturated rings. The Hall–Kier alpha value is -3.35. The molecule has 0 aliphatic heterocycles. The number of nitrogens with zero attached hydrogens (tertiary/aromatic N) is 1. The second-order valence-electron chi connectivity index (χ2n) is 6.66. The first-order valence-corrected chi connectivity index (χ1v) is 8.75. The van der Waals surface area contributed by atoms with Crippen LogP contribution in [0.1, 0.15) is 27.0 Å². The van der Waals surface area contributed by atoms with E-state index >= 15 is 0 Å². The Morgan fingerprint density at radius 3 is 2.36 bits per heavy atom. The van der Waals surface area contributed by atoms with Crippen LogP contribution >= 0.6 is 0 Å². The van der Waals surface area contributed by atoms with Crippen molar-refractivity contribution in [3.05, 3.63) is 58.7 Å². The maximum atomic E-state index is 12.2. The number of nitrogens with one attached hydrogen (secondary N) is 1. The molecule has 2 rings (SSSR count). The molecular weight excluding hydrogens is 360 g/mol. The highest BCUT2D eigenvalue weighted by molar-refractivity contribution is 5.97. The van der Waals surface area contributed by atoms with Crippen molar-refractivity contribution in [3.8, 4) is 5.75 Å². The number of hydrogen-bond acceptors (Lipinski definition) is 5. The third kappa shape index (κ3) is 5.33. The van der Waals surface area contributed by atoms with Gasteiger partial charge < -0.3 is 20.1 Å². The highest BCUT2D eigenvalue weighted by Gasteiger charge is 2.18. The minimum Gasteiger partial charge on any atom is -0.507 e. The number of anilines is 1. The van der Waals surface area contributed by atoms with E-state index in [1.165, 1.54) is 24.1 Å². The van der Waals surface area contributed by atoms with Gasteiger partial charge in [-0.3, -0.25) is 9.59 Å². The molecule has 0 bridgehead atoms. The summed E-state index contributed by atoms with van der Waals surface area (Å²) in [6.45, 7) is 4.83. The highest BCUT2D eigenvalue weighted by Crippen LogP contribution is 2.20. The predicted octanol–water partition coefficient (Wildman–Crippen LogP) is 2.57. The molecule has 0 aromatic heterocycles. The Balaban J connectivity index is 1.89. The number of carbonyl (C=O) groups excluding carboxylic acids is 3. The molecule has 2 aromatic carbocycles. The van der Waals surface area contributed by atoms with Gasteiger partial charge in [-0.15, -0.1) is 0 Å². The molecule has 0 spiro atoms. The normalized spacial score (nSPS) is 10.3. The van der Waals surface area contributed by atoms with Gasteiger partial charge in [0.05, 0.1) is 6.54 Å². The topological polar surface area (TPSA) is 95.9 Å². The van der Waals surface area contributed by atoms with Gasteiger partial charge in [0.15, 0.2) is 6.61 Å². The number of esters is 1. The molecule has 2 amide bonds. The monoisotopic (exact) mass is 384 g/mol. The first-order chi connectivity index (χ1) is 13.2. The van der Waals surface area contributed by atoms with Crippen LogP contribution in [0.5, 0.6) is 5.75 Å². The maximum absolute atomic E-state index is 12.2. The Morgan fingerprint density at radius 1 is 1.07 bits per heavy atom. The van der Waals surface area contributed by atoms with Crippen LogP contribution in [0, 0.1) is 20.8 Å². The number of phenolic OH excluding ortho intramolecular Hbond substituents is 1. The van der Waals surface area contributed by atoms with Gasteiger partial charge in [-0.25, -0.2) is 4.79 Å². The standard InChI is InChI=1S/C21H24N2O5/c1-13-8-9-17(24)16(10-13)21(27)28-12-19(26)23(4)11-18(25)22-20-14(2)6-5-7-15(20)3/h5-10,24H,11-12H2,1-4H3,(H,22,25). The lowest BCUT2D eigenvalue weighted by Gasteiger charge is -2.18. The number of likely N-dealkylation sites (N-methyl/N-ethyl adjacent to an activating group) is 1. The fourth-order valence-corrected chi connectivity index (χ4v) is 2.62.